The van der Waals surface area contributed by atoms with Gasteiger partial charge in [-0.2, -0.15) is 0 Å². The molecule has 0 bridgehead atoms. The van der Waals surface area contributed by atoms with Gasteiger partial charge in [-0.25, -0.2) is 0 Å². The molecule has 0 spiro atoms. The van der Waals surface area contributed by atoms with Gasteiger partial charge in [0.15, 0.2) is 6.10 Å². The van der Waals surface area contributed by atoms with Crippen LogP contribution in [0.25, 0.3) is 0 Å². The van der Waals surface area contributed by atoms with Crippen LogP contribution in [-0.2, 0) is 28.6 Å². The lowest BCUT2D eigenvalue weighted by Crippen LogP contribution is -2.30. The average molecular weight is 972 g/mol. The topological polar surface area (TPSA) is 78.9 Å². The molecule has 406 valence electrons. The predicted molar refractivity (Wildman–Crippen MR) is 298 cm³/mol. The normalized spacial score (nSPS) is 12.1. The van der Waals surface area contributed by atoms with Gasteiger partial charge in [0.2, 0.25) is 0 Å². The van der Waals surface area contributed by atoms with Crippen LogP contribution >= 0.6 is 0 Å². The van der Waals surface area contributed by atoms with Gasteiger partial charge in [0.1, 0.15) is 13.2 Å². The number of allylic oxidation sites excluding steroid dienone is 4. The van der Waals surface area contributed by atoms with E-state index in [1.165, 1.54) is 231 Å². The van der Waals surface area contributed by atoms with Crippen molar-refractivity contribution in [2.45, 2.75) is 348 Å². The summed E-state index contributed by atoms with van der Waals surface area (Å²) in [4.78, 5) is 38.3. The summed E-state index contributed by atoms with van der Waals surface area (Å²) < 4.78 is 16.9. The van der Waals surface area contributed by atoms with Crippen LogP contribution in [0.2, 0.25) is 0 Å². The number of carbonyl (C=O) groups is 3. The quantitative estimate of drug-likeness (QED) is 0.0261. The van der Waals surface area contributed by atoms with Crippen LogP contribution in [-0.4, -0.2) is 37.2 Å². The molecule has 0 fully saturated rings. The maximum absolute atomic E-state index is 12.9. The Hall–Kier alpha value is -2.11. The van der Waals surface area contributed by atoms with E-state index in [-0.39, 0.29) is 31.1 Å². The van der Waals surface area contributed by atoms with Gasteiger partial charge in [0, 0.05) is 19.3 Å². The smallest absolute Gasteiger partial charge is 0.306 e. The number of carbonyl (C=O) groups excluding carboxylic acids is 3. The van der Waals surface area contributed by atoms with Crippen molar-refractivity contribution in [1.29, 1.82) is 0 Å². The van der Waals surface area contributed by atoms with Gasteiger partial charge in [-0.15, -0.1) is 0 Å². The Morgan fingerprint density at radius 2 is 0.522 bits per heavy atom. The van der Waals surface area contributed by atoms with Crippen LogP contribution in [0.5, 0.6) is 0 Å². The van der Waals surface area contributed by atoms with Crippen molar-refractivity contribution in [3.8, 4) is 0 Å². The monoisotopic (exact) mass is 971 g/mol. The molecule has 0 aliphatic rings. The lowest BCUT2D eigenvalue weighted by Gasteiger charge is -2.18. The maximum atomic E-state index is 12.9. The molecule has 1 atom stereocenters. The molecule has 69 heavy (non-hydrogen) atoms. The molecule has 0 aliphatic carbocycles. The minimum Gasteiger partial charge on any atom is -0.462 e. The number of ether oxygens (including phenoxy) is 3. The molecule has 0 aromatic heterocycles. The lowest BCUT2D eigenvalue weighted by atomic mass is 10.0. The molecular weight excluding hydrogens is 853 g/mol. The van der Waals surface area contributed by atoms with Crippen molar-refractivity contribution >= 4 is 17.9 Å². The van der Waals surface area contributed by atoms with Gasteiger partial charge in [-0.3, -0.25) is 14.4 Å². The number of esters is 3. The molecule has 0 aliphatic heterocycles. The molecule has 6 nitrogen and oxygen atoms in total. The van der Waals surface area contributed by atoms with Gasteiger partial charge in [-0.05, 0) is 51.4 Å². The molecule has 0 radical (unpaired) electrons. The molecule has 0 aromatic carbocycles. The van der Waals surface area contributed by atoms with Crippen LogP contribution in [0.1, 0.15) is 342 Å². The van der Waals surface area contributed by atoms with Crippen molar-refractivity contribution in [3.05, 3.63) is 24.3 Å². The summed E-state index contributed by atoms with van der Waals surface area (Å²) in [5.74, 6) is -0.849. The maximum Gasteiger partial charge on any atom is 0.306 e. The largest absolute Gasteiger partial charge is 0.462 e. The average Bonchev–Trinajstić information content (AvgIpc) is 3.35. The van der Waals surface area contributed by atoms with Crippen molar-refractivity contribution in [2.24, 2.45) is 0 Å². The van der Waals surface area contributed by atoms with E-state index in [9.17, 15) is 14.4 Å². The van der Waals surface area contributed by atoms with E-state index in [2.05, 4.69) is 45.1 Å². The first-order chi connectivity index (χ1) is 34.0. The van der Waals surface area contributed by atoms with Crippen LogP contribution in [0.15, 0.2) is 24.3 Å². The van der Waals surface area contributed by atoms with Gasteiger partial charge in [0.05, 0.1) is 0 Å². The van der Waals surface area contributed by atoms with Crippen LogP contribution in [0, 0.1) is 0 Å². The molecule has 0 N–H and O–H groups in total. The second-order valence-corrected chi connectivity index (χ2v) is 21.0. The fourth-order valence-electron chi connectivity index (χ4n) is 9.30. The molecule has 0 saturated heterocycles. The molecule has 0 aromatic rings. The lowest BCUT2D eigenvalue weighted by molar-refractivity contribution is -0.167. The van der Waals surface area contributed by atoms with Gasteiger partial charge < -0.3 is 14.2 Å². The van der Waals surface area contributed by atoms with Gasteiger partial charge in [0.25, 0.3) is 0 Å². The molecule has 0 amide bonds. The summed E-state index contributed by atoms with van der Waals surface area (Å²) in [6, 6.07) is 0. The van der Waals surface area contributed by atoms with Crippen molar-refractivity contribution in [1.82, 2.24) is 0 Å². The fourth-order valence-corrected chi connectivity index (χ4v) is 9.30. The minimum absolute atomic E-state index is 0.0676. The van der Waals surface area contributed by atoms with E-state index in [1.54, 1.807) is 0 Å². The summed E-state index contributed by atoms with van der Waals surface area (Å²) in [6.45, 7) is 6.68. The summed E-state index contributed by atoms with van der Waals surface area (Å²) in [5, 5.41) is 0. The van der Waals surface area contributed by atoms with E-state index in [1.807, 2.05) is 0 Å². The van der Waals surface area contributed by atoms with Crippen molar-refractivity contribution < 1.29 is 28.6 Å². The first kappa shape index (κ1) is 66.9. The molecule has 0 rings (SSSR count). The van der Waals surface area contributed by atoms with Gasteiger partial charge in [-0.1, -0.05) is 295 Å². The highest BCUT2D eigenvalue weighted by atomic mass is 16.6. The van der Waals surface area contributed by atoms with E-state index in [4.69, 9.17) is 14.2 Å². The van der Waals surface area contributed by atoms with Gasteiger partial charge >= 0.3 is 17.9 Å². The highest BCUT2D eigenvalue weighted by Crippen LogP contribution is 2.18. The highest BCUT2D eigenvalue weighted by molar-refractivity contribution is 5.71. The third kappa shape index (κ3) is 56.7. The summed E-state index contributed by atoms with van der Waals surface area (Å²) in [7, 11) is 0. The first-order valence-corrected chi connectivity index (χ1v) is 30.8. The molecule has 0 unspecified atom stereocenters. The first-order valence-electron chi connectivity index (χ1n) is 30.8. The van der Waals surface area contributed by atoms with E-state index in [0.717, 1.165) is 70.6 Å². The summed E-state index contributed by atoms with van der Waals surface area (Å²) in [5.41, 5.74) is 0. The Morgan fingerprint density at radius 3 is 0.826 bits per heavy atom. The van der Waals surface area contributed by atoms with Crippen molar-refractivity contribution in [2.75, 3.05) is 13.2 Å². The molecule has 6 heteroatoms. The van der Waals surface area contributed by atoms with Crippen LogP contribution in [0.3, 0.4) is 0 Å². The molecular formula is C63H118O6. The Balaban J connectivity index is 4.33. The summed E-state index contributed by atoms with van der Waals surface area (Å²) in [6.07, 6.45) is 68.8. The number of rotatable bonds is 57. The summed E-state index contributed by atoms with van der Waals surface area (Å²) >= 11 is 0. The Kier molecular flexibility index (Phi) is 56.7. The third-order valence-electron chi connectivity index (χ3n) is 14.0. The van der Waals surface area contributed by atoms with Crippen LogP contribution < -0.4 is 0 Å². The second kappa shape index (κ2) is 58.5. The van der Waals surface area contributed by atoms with E-state index < -0.39 is 6.10 Å². The fraction of sp³-hybridized carbons (Fsp3) is 0.889. The zero-order valence-electron chi connectivity index (χ0n) is 46.6. The zero-order chi connectivity index (χ0) is 50.0. The molecule has 0 heterocycles. The Morgan fingerprint density at radius 1 is 0.290 bits per heavy atom. The SMILES string of the molecule is CCCCC/C=C\C/C=C\CCCCCCCCCC(=O)OC[C@H](COC(=O)CCCCCCCCCCCCCCCCCCC)OC(=O)CCCCCCCCCCCCCCCCCCC. The van der Waals surface area contributed by atoms with Crippen LogP contribution in [0.4, 0.5) is 0 Å². The van der Waals surface area contributed by atoms with Crippen molar-refractivity contribution in [3.63, 3.8) is 0 Å². The van der Waals surface area contributed by atoms with E-state index >= 15 is 0 Å². The standard InChI is InChI=1S/C63H118O6/c1-4-7-10-13-16-19-22-25-28-31-34-37-40-43-46-49-52-55-61(64)67-58-60(69-63(66)57-54-51-48-45-42-39-36-33-30-27-24-21-18-15-12-9-6-3)59-68-62(65)56-53-50-47-44-41-38-35-32-29-26-23-20-17-14-11-8-5-2/h16,19,25,28,60H,4-15,17-18,20-24,26-27,29-59H2,1-3H3/b19-16-,28-25-/t60-/m1/s1. The second-order valence-electron chi connectivity index (χ2n) is 21.0. The predicted octanol–water partition coefficient (Wildman–Crippen LogP) is 20.7. The Labute approximate surface area is 430 Å². The Bertz CT molecular complexity index is 1110. The number of hydrogen-bond donors (Lipinski definition) is 0. The highest BCUT2D eigenvalue weighted by Gasteiger charge is 2.19. The number of unbranched alkanes of at least 4 members (excludes halogenated alkanes) is 42. The number of hydrogen-bond acceptors (Lipinski definition) is 6. The third-order valence-corrected chi connectivity index (χ3v) is 14.0. The zero-order valence-corrected chi connectivity index (χ0v) is 46.6. The van der Waals surface area contributed by atoms with E-state index in [0.29, 0.717) is 19.3 Å². The minimum atomic E-state index is -0.770. The molecule has 0 saturated carbocycles.